The van der Waals surface area contributed by atoms with Gasteiger partial charge in [-0.2, -0.15) is 0 Å². The first-order valence-corrected chi connectivity index (χ1v) is 7.59. The number of rotatable bonds is 5. The summed E-state index contributed by atoms with van der Waals surface area (Å²) >= 11 is 0. The highest BCUT2D eigenvalue weighted by Gasteiger charge is 2.31. The number of anilines is 1. The van der Waals surface area contributed by atoms with Crippen molar-refractivity contribution in [3.63, 3.8) is 0 Å². The topological polar surface area (TPSA) is 146 Å². The standard InChI is InChI=1S/C17H15N5O4/c1-17(18,16(25)26)20-15(24)9-5-2-3-7-11(9)19-14(23)10-6-4-8-12-13(10)22-21-12/h2-8H,18H2,1H3,(H,19,23)(H,20,24)(H,25,26)/t17-/m1/s1. The zero-order valence-electron chi connectivity index (χ0n) is 13.7. The zero-order valence-corrected chi connectivity index (χ0v) is 13.7. The van der Waals surface area contributed by atoms with Gasteiger partial charge in [0.15, 0.2) is 5.66 Å². The molecule has 0 fully saturated rings. The van der Waals surface area contributed by atoms with Gasteiger partial charge in [-0.3, -0.25) is 15.3 Å². The smallest absolute Gasteiger partial charge is 0.344 e. The SMILES string of the molecule is C[C@@](N)(NC(=O)c1ccccc1NC(=O)c1cccc2c1N=N2)C(=O)O. The molecule has 132 valence electrons. The van der Waals surface area contributed by atoms with Crippen molar-refractivity contribution in [2.75, 3.05) is 5.32 Å². The first-order valence-electron chi connectivity index (χ1n) is 7.59. The molecule has 2 amide bonds. The maximum Gasteiger partial charge on any atom is 0.344 e. The predicted molar refractivity (Wildman–Crippen MR) is 92.7 cm³/mol. The fraction of sp³-hybridized carbons (Fsp3) is 0.118. The second-order valence-electron chi connectivity index (χ2n) is 5.83. The number of amides is 2. The lowest BCUT2D eigenvalue weighted by atomic mass is 10.1. The molecular weight excluding hydrogens is 338 g/mol. The highest BCUT2D eigenvalue weighted by Crippen LogP contribution is 2.40. The number of azo groups is 1. The van der Waals surface area contributed by atoms with Crippen molar-refractivity contribution in [1.82, 2.24) is 5.32 Å². The third-order valence-electron chi connectivity index (χ3n) is 3.75. The Morgan fingerprint density at radius 3 is 2.35 bits per heavy atom. The largest absolute Gasteiger partial charge is 0.479 e. The summed E-state index contributed by atoms with van der Waals surface area (Å²) in [5.41, 5.74) is 5.30. The molecule has 0 radical (unpaired) electrons. The normalized spacial score (nSPS) is 13.8. The number of hydrogen-bond donors (Lipinski definition) is 4. The number of aliphatic carboxylic acids is 1. The van der Waals surface area contributed by atoms with E-state index in [2.05, 4.69) is 20.9 Å². The van der Waals surface area contributed by atoms with E-state index in [1.165, 1.54) is 12.1 Å². The number of hydrogen-bond acceptors (Lipinski definition) is 6. The lowest BCUT2D eigenvalue weighted by molar-refractivity contribution is -0.143. The van der Waals surface area contributed by atoms with Crippen LogP contribution in [0.3, 0.4) is 0 Å². The van der Waals surface area contributed by atoms with Crippen molar-refractivity contribution in [3.8, 4) is 0 Å². The molecule has 5 N–H and O–H groups in total. The van der Waals surface area contributed by atoms with Gasteiger partial charge in [0.2, 0.25) is 0 Å². The van der Waals surface area contributed by atoms with E-state index >= 15 is 0 Å². The molecule has 1 aliphatic heterocycles. The number of benzene rings is 2. The zero-order chi connectivity index (χ0) is 18.9. The van der Waals surface area contributed by atoms with Crippen molar-refractivity contribution in [2.24, 2.45) is 16.0 Å². The van der Waals surface area contributed by atoms with Gasteiger partial charge >= 0.3 is 5.97 Å². The molecule has 9 heteroatoms. The van der Waals surface area contributed by atoms with Gasteiger partial charge < -0.3 is 15.7 Å². The number of carbonyl (C=O) groups excluding carboxylic acids is 2. The van der Waals surface area contributed by atoms with Gasteiger partial charge in [0, 0.05) is 0 Å². The molecule has 2 aromatic rings. The van der Waals surface area contributed by atoms with Crippen molar-refractivity contribution in [2.45, 2.75) is 12.6 Å². The van der Waals surface area contributed by atoms with Crippen molar-refractivity contribution in [1.29, 1.82) is 0 Å². The van der Waals surface area contributed by atoms with Crippen LogP contribution in [0.1, 0.15) is 27.6 Å². The summed E-state index contributed by atoms with van der Waals surface area (Å²) in [4.78, 5) is 36.0. The van der Waals surface area contributed by atoms with Crippen molar-refractivity contribution < 1.29 is 19.5 Å². The van der Waals surface area contributed by atoms with E-state index in [1.54, 1.807) is 30.3 Å². The molecule has 2 aromatic carbocycles. The molecule has 0 saturated heterocycles. The summed E-state index contributed by atoms with van der Waals surface area (Å²) in [6.45, 7) is 1.16. The van der Waals surface area contributed by atoms with Gasteiger partial charge in [0.25, 0.3) is 11.8 Å². The molecule has 1 heterocycles. The highest BCUT2D eigenvalue weighted by atomic mass is 16.4. The van der Waals surface area contributed by atoms with Crippen LogP contribution in [0.2, 0.25) is 0 Å². The molecule has 26 heavy (non-hydrogen) atoms. The monoisotopic (exact) mass is 353 g/mol. The minimum absolute atomic E-state index is 0.0789. The van der Waals surface area contributed by atoms with Crippen LogP contribution < -0.4 is 16.4 Å². The Hall–Kier alpha value is -3.59. The Kier molecular flexibility index (Phi) is 4.23. The van der Waals surface area contributed by atoms with E-state index in [4.69, 9.17) is 10.8 Å². The number of nitrogens with two attached hydrogens (primary N) is 1. The molecule has 1 aliphatic rings. The molecular formula is C17H15N5O4. The van der Waals surface area contributed by atoms with Gasteiger partial charge in [-0.15, -0.1) is 10.2 Å². The highest BCUT2D eigenvalue weighted by molar-refractivity contribution is 6.12. The maximum absolute atomic E-state index is 12.5. The third kappa shape index (κ3) is 3.15. The summed E-state index contributed by atoms with van der Waals surface area (Å²) in [5, 5.41) is 21.5. The van der Waals surface area contributed by atoms with Crippen LogP contribution in [0, 0.1) is 0 Å². The van der Waals surface area contributed by atoms with E-state index in [1.807, 2.05) is 0 Å². The van der Waals surface area contributed by atoms with E-state index < -0.39 is 23.4 Å². The number of carboxylic acid groups (broad SMARTS) is 1. The second-order valence-corrected chi connectivity index (χ2v) is 5.83. The van der Waals surface area contributed by atoms with Crippen LogP contribution in [0.25, 0.3) is 0 Å². The Morgan fingerprint density at radius 1 is 1.00 bits per heavy atom. The van der Waals surface area contributed by atoms with E-state index in [9.17, 15) is 14.4 Å². The fourth-order valence-corrected chi connectivity index (χ4v) is 2.30. The number of para-hydroxylation sites is 1. The lowest BCUT2D eigenvalue weighted by Gasteiger charge is -2.22. The van der Waals surface area contributed by atoms with Crippen LogP contribution in [0.15, 0.2) is 52.7 Å². The number of carboxylic acids is 1. The lowest BCUT2D eigenvalue weighted by Crippen LogP contribution is -2.59. The fourth-order valence-electron chi connectivity index (χ4n) is 2.30. The molecule has 3 rings (SSSR count). The minimum atomic E-state index is -1.95. The van der Waals surface area contributed by atoms with E-state index in [0.717, 1.165) is 6.92 Å². The number of nitrogens with zero attached hydrogens (tertiary/aromatic N) is 2. The summed E-state index contributed by atoms with van der Waals surface area (Å²) in [6, 6.07) is 11.2. The molecule has 0 saturated carbocycles. The van der Waals surface area contributed by atoms with Gasteiger partial charge in [-0.25, -0.2) is 4.79 Å². The summed E-state index contributed by atoms with van der Waals surface area (Å²) in [6.07, 6.45) is 0. The van der Waals surface area contributed by atoms with Gasteiger partial charge in [0.1, 0.15) is 11.4 Å². The Labute approximate surface area is 147 Å². The van der Waals surface area contributed by atoms with E-state index in [-0.39, 0.29) is 11.3 Å². The Bertz CT molecular complexity index is 952. The van der Waals surface area contributed by atoms with Crippen LogP contribution in [0.4, 0.5) is 17.1 Å². The molecule has 0 aliphatic carbocycles. The average molecular weight is 353 g/mol. The molecule has 1 atom stereocenters. The number of fused-ring (bicyclic) bond motifs is 1. The van der Waals surface area contributed by atoms with Gasteiger partial charge in [0.05, 0.1) is 16.8 Å². The Morgan fingerprint density at radius 2 is 1.69 bits per heavy atom. The van der Waals surface area contributed by atoms with Gasteiger partial charge in [-0.1, -0.05) is 18.2 Å². The van der Waals surface area contributed by atoms with E-state index in [0.29, 0.717) is 16.9 Å². The van der Waals surface area contributed by atoms with Crippen LogP contribution in [-0.2, 0) is 4.79 Å². The molecule has 0 aromatic heterocycles. The first-order chi connectivity index (χ1) is 12.3. The average Bonchev–Trinajstić information content (AvgIpc) is 2.55. The quantitative estimate of drug-likeness (QED) is 0.519. The predicted octanol–water partition coefficient (Wildman–Crippen LogP) is 2.16. The van der Waals surface area contributed by atoms with Crippen molar-refractivity contribution in [3.05, 3.63) is 53.6 Å². The molecule has 0 unspecified atom stereocenters. The van der Waals surface area contributed by atoms with Crippen LogP contribution >= 0.6 is 0 Å². The summed E-state index contributed by atoms with van der Waals surface area (Å²) in [7, 11) is 0. The maximum atomic E-state index is 12.5. The summed E-state index contributed by atoms with van der Waals surface area (Å²) in [5.74, 6) is -2.58. The molecule has 0 bridgehead atoms. The van der Waals surface area contributed by atoms with Crippen LogP contribution in [-0.4, -0.2) is 28.6 Å². The second kappa shape index (κ2) is 6.37. The summed E-state index contributed by atoms with van der Waals surface area (Å²) < 4.78 is 0. The van der Waals surface area contributed by atoms with Crippen molar-refractivity contribution >= 4 is 34.8 Å². The molecule has 0 spiro atoms. The number of nitrogens with one attached hydrogen (secondary N) is 2. The molecule has 9 nitrogen and oxygen atoms in total. The first kappa shape index (κ1) is 17.2. The van der Waals surface area contributed by atoms with Gasteiger partial charge in [-0.05, 0) is 31.2 Å². The van der Waals surface area contributed by atoms with Crippen LogP contribution in [0.5, 0.6) is 0 Å². The number of carbonyl (C=O) groups is 3. The Balaban J connectivity index is 1.84. The third-order valence-corrected chi connectivity index (χ3v) is 3.75. The minimum Gasteiger partial charge on any atom is -0.479 e.